The van der Waals surface area contributed by atoms with Gasteiger partial charge in [-0.25, -0.2) is 0 Å². The van der Waals surface area contributed by atoms with Gasteiger partial charge in [-0.1, -0.05) is 6.07 Å². The van der Waals surface area contributed by atoms with E-state index in [0.717, 1.165) is 59.6 Å². The smallest absolute Gasteiger partial charge is 0.166 e. The summed E-state index contributed by atoms with van der Waals surface area (Å²) < 4.78 is 15.9. The molecule has 1 aliphatic carbocycles. The van der Waals surface area contributed by atoms with Crippen LogP contribution < -0.4 is 14.2 Å². The summed E-state index contributed by atoms with van der Waals surface area (Å²) in [6.07, 6.45) is 3.52. The second-order valence-electron chi connectivity index (χ2n) is 6.35. The highest BCUT2D eigenvalue weighted by atomic mass is 16.5. The minimum atomic E-state index is 0.0778. The van der Waals surface area contributed by atoms with E-state index in [2.05, 4.69) is 0 Å². The second-order valence-corrected chi connectivity index (χ2v) is 6.35. The van der Waals surface area contributed by atoms with Gasteiger partial charge in [0, 0.05) is 11.5 Å². The number of carbonyl (C=O) groups is 1. The van der Waals surface area contributed by atoms with Crippen molar-refractivity contribution in [2.45, 2.75) is 25.7 Å². The number of rotatable bonds is 6. The first kappa shape index (κ1) is 17.3. The average molecular weight is 340 g/mol. The monoisotopic (exact) mass is 340 g/mol. The van der Waals surface area contributed by atoms with Gasteiger partial charge in [-0.15, -0.1) is 0 Å². The third-order valence-electron chi connectivity index (χ3n) is 4.94. The molecule has 4 nitrogen and oxygen atoms in total. The zero-order valence-electron chi connectivity index (χ0n) is 15.0. The van der Waals surface area contributed by atoms with E-state index in [1.807, 2.05) is 36.4 Å². The van der Waals surface area contributed by atoms with Gasteiger partial charge in [0.2, 0.25) is 0 Å². The maximum atomic E-state index is 12.8. The number of ketones is 1. The van der Waals surface area contributed by atoms with Gasteiger partial charge in [0.15, 0.2) is 17.3 Å². The van der Waals surface area contributed by atoms with E-state index in [0.29, 0.717) is 0 Å². The minimum Gasteiger partial charge on any atom is -0.497 e. The molecule has 0 amide bonds. The summed E-state index contributed by atoms with van der Waals surface area (Å²) in [5.41, 5.74) is 3.11. The van der Waals surface area contributed by atoms with E-state index < -0.39 is 0 Å². The molecular weight excluding hydrogens is 316 g/mol. The van der Waals surface area contributed by atoms with Gasteiger partial charge in [-0.3, -0.25) is 4.79 Å². The molecule has 25 heavy (non-hydrogen) atoms. The Balaban J connectivity index is 1.69. The number of carbonyl (C=O) groups excluding carboxylic acids is 1. The molecule has 0 aliphatic heterocycles. The van der Waals surface area contributed by atoms with E-state index >= 15 is 0 Å². The van der Waals surface area contributed by atoms with Crippen LogP contribution in [0, 0.1) is 5.92 Å². The van der Waals surface area contributed by atoms with Crippen molar-refractivity contribution in [3.8, 4) is 17.2 Å². The molecular formula is C21H24O4. The molecule has 1 unspecified atom stereocenters. The third-order valence-corrected chi connectivity index (χ3v) is 4.94. The van der Waals surface area contributed by atoms with Crippen LogP contribution in [0.5, 0.6) is 17.2 Å². The van der Waals surface area contributed by atoms with Crippen LogP contribution in [0.1, 0.15) is 34.3 Å². The fourth-order valence-corrected chi connectivity index (χ4v) is 3.48. The van der Waals surface area contributed by atoms with Gasteiger partial charge < -0.3 is 14.2 Å². The van der Waals surface area contributed by atoms with Crippen LogP contribution in [0.4, 0.5) is 0 Å². The first-order chi connectivity index (χ1) is 12.2. The molecule has 0 radical (unpaired) electrons. The first-order valence-corrected chi connectivity index (χ1v) is 8.58. The Hall–Kier alpha value is -2.49. The van der Waals surface area contributed by atoms with E-state index in [1.54, 1.807) is 21.3 Å². The van der Waals surface area contributed by atoms with Crippen molar-refractivity contribution in [1.82, 2.24) is 0 Å². The standard InChI is InChI=1S/C21H24O4/c1-23-17-9-10-18-16(13-17)8-7-15(21(18)22)6-4-14-5-11-19(24-2)20(12-14)25-3/h5,9-13,15H,4,6-8H2,1-3H3. The van der Waals surface area contributed by atoms with Crippen LogP contribution in [0.25, 0.3) is 0 Å². The third kappa shape index (κ3) is 3.63. The normalized spacial score (nSPS) is 16.3. The van der Waals surface area contributed by atoms with Crippen molar-refractivity contribution in [3.63, 3.8) is 0 Å². The molecule has 132 valence electrons. The predicted molar refractivity (Wildman–Crippen MR) is 97.0 cm³/mol. The van der Waals surface area contributed by atoms with Gasteiger partial charge in [-0.05, 0) is 67.1 Å². The molecule has 2 aromatic carbocycles. The Morgan fingerprint density at radius 3 is 2.48 bits per heavy atom. The SMILES string of the molecule is COc1ccc2c(c1)CCC(CCc1ccc(OC)c(OC)c1)C2=O. The molecule has 2 aromatic rings. The zero-order chi connectivity index (χ0) is 17.8. The summed E-state index contributed by atoms with van der Waals surface area (Å²) in [5, 5.41) is 0. The number of fused-ring (bicyclic) bond motifs is 1. The summed E-state index contributed by atoms with van der Waals surface area (Å²) in [4.78, 5) is 12.8. The maximum absolute atomic E-state index is 12.8. The molecule has 0 bridgehead atoms. The number of benzene rings is 2. The van der Waals surface area contributed by atoms with Crippen LogP contribution in [0.2, 0.25) is 0 Å². The highest BCUT2D eigenvalue weighted by Gasteiger charge is 2.27. The number of hydrogen-bond donors (Lipinski definition) is 0. The molecule has 0 saturated carbocycles. The Morgan fingerprint density at radius 2 is 1.76 bits per heavy atom. The molecule has 0 spiro atoms. The van der Waals surface area contributed by atoms with Gasteiger partial charge >= 0.3 is 0 Å². The fraction of sp³-hybridized carbons (Fsp3) is 0.381. The first-order valence-electron chi connectivity index (χ1n) is 8.58. The van der Waals surface area contributed by atoms with Crippen molar-refractivity contribution in [2.75, 3.05) is 21.3 Å². The summed E-state index contributed by atoms with van der Waals surface area (Å²) in [6, 6.07) is 11.7. The summed E-state index contributed by atoms with van der Waals surface area (Å²) in [5.74, 6) is 2.60. The van der Waals surface area contributed by atoms with Crippen LogP contribution in [-0.2, 0) is 12.8 Å². The lowest BCUT2D eigenvalue weighted by molar-refractivity contribution is 0.0895. The lowest BCUT2D eigenvalue weighted by Gasteiger charge is -2.24. The van der Waals surface area contributed by atoms with Crippen LogP contribution >= 0.6 is 0 Å². The van der Waals surface area contributed by atoms with E-state index in [4.69, 9.17) is 14.2 Å². The van der Waals surface area contributed by atoms with Gasteiger partial charge in [0.05, 0.1) is 21.3 Å². The zero-order valence-corrected chi connectivity index (χ0v) is 15.0. The van der Waals surface area contributed by atoms with Crippen LogP contribution in [0.3, 0.4) is 0 Å². The molecule has 0 aromatic heterocycles. The fourth-order valence-electron chi connectivity index (χ4n) is 3.48. The van der Waals surface area contributed by atoms with Crippen molar-refractivity contribution < 1.29 is 19.0 Å². The highest BCUT2D eigenvalue weighted by Crippen LogP contribution is 2.32. The van der Waals surface area contributed by atoms with Crippen LogP contribution in [0.15, 0.2) is 36.4 Å². The molecule has 4 heteroatoms. The van der Waals surface area contributed by atoms with Crippen molar-refractivity contribution >= 4 is 5.78 Å². The topological polar surface area (TPSA) is 44.8 Å². The Labute approximate surface area is 148 Å². The van der Waals surface area contributed by atoms with Gasteiger partial charge in [0.1, 0.15) is 5.75 Å². The quantitative estimate of drug-likeness (QED) is 0.794. The largest absolute Gasteiger partial charge is 0.497 e. The minimum absolute atomic E-state index is 0.0778. The Morgan fingerprint density at radius 1 is 0.960 bits per heavy atom. The van der Waals surface area contributed by atoms with Crippen molar-refractivity contribution in [2.24, 2.45) is 5.92 Å². The number of Topliss-reactive ketones (excluding diaryl/α,β-unsaturated/α-hetero) is 1. The molecule has 1 aliphatic rings. The number of hydrogen-bond acceptors (Lipinski definition) is 4. The highest BCUT2D eigenvalue weighted by molar-refractivity contribution is 6.00. The van der Waals surface area contributed by atoms with Crippen molar-refractivity contribution in [1.29, 1.82) is 0 Å². The average Bonchev–Trinajstić information content (AvgIpc) is 2.66. The van der Waals surface area contributed by atoms with E-state index in [9.17, 15) is 4.79 Å². The number of aryl methyl sites for hydroxylation is 2. The molecule has 0 N–H and O–H groups in total. The molecule has 0 heterocycles. The van der Waals surface area contributed by atoms with E-state index in [-0.39, 0.29) is 11.7 Å². The number of ether oxygens (including phenoxy) is 3. The Kier molecular flexibility index (Phi) is 5.27. The lowest BCUT2D eigenvalue weighted by atomic mass is 9.80. The maximum Gasteiger partial charge on any atom is 0.166 e. The second kappa shape index (κ2) is 7.60. The van der Waals surface area contributed by atoms with Crippen molar-refractivity contribution in [3.05, 3.63) is 53.1 Å². The van der Waals surface area contributed by atoms with Gasteiger partial charge in [-0.2, -0.15) is 0 Å². The summed E-state index contributed by atoms with van der Waals surface area (Å²) in [6.45, 7) is 0. The molecule has 0 fully saturated rings. The Bertz CT molecular complexity index is 766. The molecule has 1 atom stereocenters. The van der Waals surface area contributed by atoms with E-state index in [1.165, 1.54) is 0 Å². The predicted octanol–water partition coefficient (Wildman–Crippen LogP) is 4.09. The summed E-state index contributed by atoms with van der Waals surface area (Å²) in [7, 11) is 4.92. The van der Waals surface area contributed by atoms with Crippen LogP contribution in [-0.4, -0.2) is 27.1 Å². The molecule has 0 saturated heterocycles. The van der Waals surface area contributed by atoms with Gasteiger partial charge in [0.25, 0.3) is 0 Å². The number of methoxy groups -OCH3 is 3. The lowest BCUT2D eigenvalue weighted by Crippen LogP contribution is -2.23. The molecule has 3 rings (SSSR count). The summed E-state index contributed by atoms with van der Waals surface area (Å²) >= 11 is 0.